The third-order valence-corrected chi connectivity index (χ3v) is 9.33. The molecule has 238 valence electrons. The van der Waals surface area contributed by atoms with E-state index in [0.29, 0.717) is 5.42 Å². The van der Waals surface area contributed by atoms with E-state index in [1.54, 1.807) is 6.08 Å². The van der Waals surface area contributed by atoms with Gasteiger partial charge in [0.05, 0.1) is 5.39 Å². The lowest BCUT2D eigenvalue weighted by Gasteiger charge is -2.10. The monoisotopic (exact) mass is 642 g/mol. The van der Waals surface area contributed by atoms with Gasteiger partial charge in [0.2, 0.25) is 0 Å². The van der Waals surface area contributed by atoms with Crippen LogP contribution in [-0.2, 0) is 0 Å². The Morgan fingerprint density at radius 3 is 2.00 bits per heavy atom. The van der Waals surface area contributed by atoms with E-state index in [1.165, 1.54) is 0 Å². The predicted molar refractivity (Wildman–Crippen MR) is 215 cm³/mol. The predicted octanol–water partition coefficient (Wildman–Crippen LogP) is 12.1. The standard InChI is InChI=1S/C48H34O2/c1-5-6-15-31(2)37-16-9-7-8-10-17-38(40-19-12-11-18-39(37)40)35-24-22-34(23-25-35)32(3)30-44-33(4)49-47-43(44)29-27-36-26-28-42-41-20-13-14-21-45(41)50-48(42)46(36)47/h5-30H,1-4H2/b8-7?,9-7?,10-8?,15-6-,16-9?,17-10?,37-16?,38-17?,39-37?,40-38?,44-30+. The van der Waals surface area contributed by atoms with E-state index in [1.807, 2.05) is 48.6 Å². The van der Waals surface area contributed by atoms with Gasteiger partial charge in [-0.25, -0.2) is 0 Å². The SMILES string of the molecule is C=C/C=C\C(=C)c1ccccccc(-c2ccc(C(=C)/C=c3\c(=C)oc4c3ccc3ccc5c6ccccc6oc5c34)cc2)c2ccccc12. The van der Waals surface area contributed by atoms with E-state index in [2.05, 4.69) is 129 Å². The molecule has 2 heterocycles. The van der Waals surface area contributed by atoms with Crippen molar-refractivity contribution in [3.8, 4) is 11.1 Å². The van der Waals surface area contributed by atoms with Crippen LogP contribution in [-0.4, -0.2) is 0 Å². The van der Waals surface area contributed by atoms with Crippen LogP contribution in [0.4, 0.5) is 0 Å². The molecule has 6 aromatic carbocycles. The number of rotatable bonds is 6. The minimum Gasteiger partial charge on any atom is -0.456 e. The maximum atomic E-state index is 6.39. The van der Waals surface area contributed by atoms with Gasteiger partial charge in [-0.3, -0.25) is 0 Å². The van der Waals surface area contributed by atoms with Crippen molar-refractivity contribution in [3.05, 3.63) is 193 Å². The highest BCUT2D eigenvalue weighted by molar-refractivity contribution is 6.21. The lowest BCUT2D eigenvalue weighted by molar-refractivity contribution is 0.580. The molecule has 0 spiro atoms. The van der Waals surface area contributed by atoms with Crippen LogP contribution < -0.4 is 10.6 Å². The second kappa shape index (κ2) is 12.8. The molecule has 0 N–H and O–H groups in total. The molecular formula is C48H34O2. The summed E-state index contributed by atoms with van der Waals surface area (Å²) in [6.45, 7) is 16.9. The molecule has 8 rings (SSSR count). The van der Waals surface area contributed by atoms with E-state index in [9.17, 15) is 0 Å². The van der Waals surface area contributed by atoms with Gasteiger partial charge in [0, 0.05) is 21.4 Å². The lowest BCUT2D eigenvalue weighted by atomic mass is 9.94. The second-order valence-electron chi connectivity index (χ2n) is 12.4. The maximum Gasteiger partial charge on any atom is 0.147 e. The molecule has 0 fully saturated rings. The summed E-state index contributed by atoms with van der Waals surface area (Å²) in [7, 11) is 0. The maximum absolute atomic E-state index is 6.39. The third kappa shape index (κ3) is 5.34. The van der Waals surface area contributed by atoms with Crippen LogP contribution in [0.3, 0.4) is 0 Å². The Morgan fingerprint density at radius 2 is 1.22 bits per heavy atom. The number of fused-ring (bicyclic) bond motifs is 8. The number of hydrogen-bond donors (Lipinski definition) is 0. The van der Waals surface area contributed by atoms with Gasteiger partial charge in [-0.1, -0.05) is 160 Å². The van der Waals surface area contributed by atoms with Crippen LogP contribution in [0.15, 0.2) is 180 Å². The summed E-state index contributed by atoms with van der Waals surface area (Å²) in [5, 5.41) is 8.30. The minimum atomic E-state index is 0.593. The highest BCUT2D eigenvalue weighted by Gasteiger charge is 2.15. The zero-order chi connectivity index (χ0) is 34.2. The Kier molecular flexibility index (Phi) is 7.83. The van der Waals surface area contributed by atoms with Crippen molar-refractivity contribution < 1.29 is 8.83 Å². The van der Waals surface area contributed by atoms with Crippen LogP contribution in [0.5, 0.6) is 0 Å². The van der Waals surface area contributed by atoms with Crippen molar-refractivity contribution in [1.29, 1.82) is 0 Å². The molecule has 2 aromatic heterocycles. The van der Waals surface area contributed by atoms with Gasteiger partial charge in [0.15, 0.2) is 0 Å². The van der Waals surface area contributed by atoms with Crippen molar-refractivity contribution >= 4 is 78.3 Å². The van der Waals surface area contributed by atoms with Crippen molar-refractivity contribution in [2.45, 2.75) is 0 Å². The van der Waals surface area contributed by atoms with Gasteiger partial charge < -0.3 is 8.83 Å². The van der Waals surface area contributed by atoms with Gasteiger partial charge in [-0.05, 0) is 73.8 Å². The van der Waals surface area contributed by atoms with Crippen molar-refractivity contribution in [2.24, 2.45) is 0 Å². The molecule has 0 aliphatic carbocycles. The van der Waals surface area contributed by atoms with E-state index >= 15 is 0 Å². The molecule has 0 saturated heterocycles. The van der Waals surface area contributed by atoms with E-state index < -0.39 is 0 Å². The van der Waals surface area contributed by atoms with Gasteiger partial charge in [0.25, 0.3) is 0 Å². The molecule has 0 radical (unpaired) electrons. The Morgan fingerprint density at radius 1 is 0.560 bits per heavy atom. The molecule has 2 heteroatoms. The molecule has 0 aliphatic heterocycles. The fraction of sp³-hybridized carbons (Fsp3) is 0. The zero-order valence-corrected chi connectivity index (χ0v) is 27.7. The topological polar surface area (TPSA) is 26.3 Å². The smallest absolute Gasteiger partial charge is 0.147 e. The summed E-state index contributed by atoms with van der Waals surface area (Å²) in [6, 6.07) is 46.1. The highest BCUT2D eigenvalue weighted by Crippen LogP contribution is 2.37. The molecule has 0 saturated carbocycles. The number of para-hydroxylation sites is 1. The van der Waals surface area contributed by atoms with Gasteiger partial charge in [-0.15, -0.1) is 0 Å². The molecule has 2 nitrogen and oxygen atoms in total. The molecule has 0 aliphatic rings. The van der Waals surface area contributed by atoms with Crippen molar-refractivity contribution in [3.63, 3.8) is 0 Å². The summed E-state index contributed by atoms with van der Waals surface area (Å²) in [5.41, 5.74) is 9.12. The average molecular weight is 643 g/mol. The Hall–Kier alpha value is -6.64. The summed E-state index contributed by atoms with van der Waals surface area (Å²) < 4.78 is 12.8. The average Bonchev–Trinajstić information content (AvgIpc) is 3.69. The first-order valence-corrected chi connectivity index (χ1v) is 16.6. The first-order chi connectivity index (χ1) is 24.5. The summed E-state index contributed by atoms with van der Waals surface area (Å²) in [6.07, 6.45) is 7.75. The highest BCUT2D eigenvalue weighted by atomic mass is 16.3. The van der Waals surface area contributed by atoms with Crippen LogP contribution in [0.25, 0.3) is 89.4 Å². The van der Waals surface area contributed by atoms with Gasteiger partial charge >= 0.3 is 0 Å². The third-order valence-electron chi connectivity index (χ3n) is 9.33. The van der Waals surface area contributed by atoms with Crippen LogP contribution >= 0.6 is 0 Å². The number of hydrogen-bond acceptors (Lipinski definition) is 2. The Bertz CT molecular complexity index is 2870. The van der Waals surface area contributed by atoms with Crippen LogP contribution in [0, 0.1) is 0 Å². The summed E-state index contributed by atoms with van der Waals surface area (Å²) >= 11 is 0. The van der Waals surface area contributed by atoms with Crippen molar-refractivity contribution in [1.82, 2.24) is 0 Å². The summed E-state index contributed by atoms with van der Waals surface area (Å²) in [4.78, 5) is 0. The fourth-order valence-corrected chi connectivity index (χ4v) is 6.86. The molecule has 0 amide bonds. The van der Waals surface area contributed by atoms with E-state index in [4.69, 9.17) is 8.83 Å². The Labute approximate surface area is 290 Å². The first kappa shape index (κ1) is 30.7. The van der Waals surface area contributed by atoms with Gasteiger partial charge in [0.1, 0.15) is 22.2 Å². The van der Waals surface area contributed by atoms with Crippen LogP contribution in [0.1, 0.15) is 11.1 Å². The molecule has 8 aromatic rings. The zero-order valence-electron chi connectivity index (χ0n) is 27.7. The van der Waals surface area contributed by atoms with Crippen LogP contribution in [0.2, 0.25) is 0 Å². The molecule has 0 atom stereocenters. The molecule has 50 heavy (non-hydrogen) atoms. The molecule has 0 bridgehead atoms. The molecular weight excluding hydrogens is 609 g/mol. The fourth-order valence-electron chi connectivity index (χ4n) is 6.86. The minimum absolute atomic E-state index is 0.593. The molecule has 0 unspecified atom stereocenters. The summed E-state index contributed by atoms with van der Waals surface area (Å²) in [5.74, 6) is 0. The first-order valence-electron chi connectivity index (χ1n) is 16.6. The second-order valence-corrected chi connectivity index (χ2v) is 12.4. The van der Waals surface area contributed by atoms with E-state index in [-0.39, 0.29) is 0 Å². The van der Waals surface area contributed by atoms with E-state index in [0.717, 1.165) is 93.1 Å². The number of furan rings is 2. The van der Waals surface area contributed by atoms with Gasteiger partial charge in [-0.2, -0.15) is 0 Å². The normalized spacial score (nSPS) is 12.0. The quantitative estimate of drug-likeness (QED) is 0.169. The van der Waals surface area contributed by atoms with Crippen molar-refractivity contribution in [2.75, 3.05) is 0 Å². The Balaban J connectivity index is 1.22. The number of benzene rings is 5. The lowest BCUT2D eigenvalue weighted by Crippen LogP contribution is -2.18. The largest absolute Gasteiger partial charge is 0.456 e. The number of allylic oxidation sites excluding steroid dienone is 5.